The fraction of sp³-hybridized carbons (Fsp3) is 0.364. The minimum atomic E-state index is -2.85. The molecular formula is C22H30N6Si. The van der Waals surface area contributed by atoms with E-state index >= 15 is 0 Å². The standard InChI is InChI=1S/C22H30N6Si/c1-21(2,3)25-17-18-26(22(4,5)6)29(25)27(19-13-9-7-10-14-19)23-24-28(29)20-15-11-8-12-16-20/h7-18H,1-6H3. The van der Waals surface area contributed by atoms with Crippen LogP contribution in [0.3, 0.4) is 0 Å². The molecule has 0 aliphatic carbocycles. The second-order valence-electron chi connectivity index (χ2n) is 9.45. The third kappa shape index (κ3) is 3.00. The second kappa shape index (κ2) is 6.62. The van der Waals surface area contributed by atoms with Gasteiger partial charge in [0.25, 0.3) is 0 Å². The smallest absolute Gasteiger partial charge is 0.345 e. The van der Waals surface area contributed by atoms with E-state index in [0.29, 0.717) is 0 Å². The third-order valence-corrected chi connectivity index (χ3v) is 10.0. The predicted octanol–water partition coefficient (Wildman–Crippen LogP) is 5.42. The number of rotatable bonds is 2. The highest BCUT2D eigenvalue weighted by atomic mass is 28.4. The quantitative estimate of drug-likeness (QED) is 0.624. The van der Waals surface area contributed by atoms with Crippen LogP contribution >= 0.6 is 0 Å². The number of benzene rings is 2. The number of hydrogen-bond acceptors (Lipinski definition) is 6. The largest absolute Gasteiger partial charge is 0.548 e. The van der Waals surface area contributed by atoms with Crippen molar-refractivity contribution in [1.29, 1.82) is 0 Å². The van der Waals surface area contributed by atoms with E-state index in [0.717, 1.165) is 11.4 Å². The number of nitrogens with zero attached hydrogens (tertiary/aromatic N) is 6. The molecule has 0 fully saturated rings. The van der Waals surface area contributed by atoms with Gasteiger partial charge < -0.3 is 9.13 Å². The minimum Gasteiger partial charge on any atom is -0.345 e. The summed E-state index contributed by atoms with van der Waals surface area (Å²) in [5, 5.41) is 9.50. The Bertz CT molecular complexity index is 838. The van der Waals surface area contributed by atoms with E-state index in [1.54, 1.807) is 0 Å². The van der Waals surface area contributed by atoms with E-state index in [4.69, 9.17) is 10.4 Å². The molecule has 2 heterocycles. The SMILES string of the molecule is CC(C)(C)N1C=CN(C(C)(C)C)[Si]12N(c1ccccc1)N=NN2c1ccccc1. The third-order valence-electron chi connectivity index (χ3n) is 5.25. The average molecular weight is 407 g/mol. The van der Waals surface area contributed by atoms with Gasteiger partial charge in [-0.3, -0.25) is 0 Å². The lowest BCUT2D eigenvalue weighted by molar-refractivity contribution is 0.260. The van der Waals surface area contributed by atoms with Gasteiger partial charge in [-0.1, -0.05) is 46.8 Å². The van der Waals surface area contributed by atoms with Gasteiger partial charge in [0.05, 0.1) is 11.4 Å². The van der Waals surface area contributed by atoms with E-state index in [1.165, 1.54) is 0 Å². The molecule has 2 aromatic rings. The summed E-state index contributed by atoms with van der Waals surface area (Å²) in [6, 6.07) is 20.8. The van der Waals surface area contributed by atoms with Gasteiger partial charge in [0.1, 0.15) is 0 Å². The highest BCUT2D eigenvalue weighted by Crippen LogP contribution is 2.46. The van der Waals surface area contributed by atoms with Crippen molar-refractivity contribution >= 4 is 20.1 Å². The van der Waals surface area contributed by atoms with Crippen LogP contribution in [-0.4, -0.2) is 28.9 Å². The molecule has 0 radical (unpaired) electrons. The molecule has 152 valence electrons. The fourth-order valence-corrected chi connectivity index (χ4v) is 8.95. The maximum Gasteiger partial charge on any atom is 0.548 e. The van der Waals surface area contributed by atoms with E-state index < -0.39 is 8.72 Å². The van der Waals surface area contributed by atoms with Crippen molar-refractivity contribution in [3.63, 3.8) is 0 Å². The Hall–Kier alpha value is -2.80. The first-order valence-electron chi connectivity index (χ1n) is 10.1. The van der Waals surface area contributed by atoms with Crippen LogP contribution in [0.25, 0.3) is 0 Å². The number of anilines is 2. The highest BCUT2D eigenvalue weighted by Gasteiger charge is 2.69. The van der Waals surface area contributed by atoms with Crippen molar-refractivity contribution in [3.8, 4) is 0 Å². The lowest BCUT2D eigenvalue weighted by atomic mass is 10.1. The summed E-state index contributed by atoms with van der Waals surface area (Å²) in [7, 11) is -2.85. The first-order chi connectivity index (χ1) is 13.7. The van der Waals surface area contributed by atoms with Crippen LogP contribution in [0.4, 0.5) is 11.4 Å². The Kier molecular flexibility index (Phi) is 4.46. The van der Waals surface area contributed by atoms with Crippen molar-refractivity contribution < 1.29 is 0 Å². The van der Waals surface area contributed by atoms with Crippen LogP contribution in [0.2, 0.25) is 0 Å². The molecule has 2 aliphatic rings. The van der Waals surface area contributed by atoms with E-state index in [1.807, 2.05) is 12.1 Å². The van der Waals surface area contributed by atoms with E-state index in [2.05, 4.69) is 121 Å². The molecule has 7 heteroatoms. The molecule has 0 saturated carbocycles. The average Bonchev–Trinajstić information content (AvgIpc) is 3.25. The predicted molar refractivity (Wildman–Crippen MR) is 121 cm³/mol. The molecule has 0 aromatic heterocycles. The second-order valence-corrected chi connectivity index (χ2v) is 12.5. The summed E-state index contributed by atoms with van der Waals surface area (Å²) in [6.07, 6.45) is 4.44. The van der Waals surface area contributed by atoms with Gasteiger partial charge in [-0.25, -0.2) is 9.35 Å². The molecule has 0 atom stereocenters. The number of hydrogen-bond donors (Lipinski definition) is 0. The van der Waals surface area contributed by atoms with Gasteiger partial charge >= 0.3 is 8.72 Å². The molecule has 2 aromatic carbocycles. The molecule has 1 spiro atoms. The maximum absolute atomic E-state index is 4.75. The van der Waals surface area contributed by atoms with E-state index in [-0.39, 0.29) is 11.1 Å². The van der Waals surface area contributed by atoms with Crippen molar-refractivity contribution in [1.82, 2.24) is 9.13 Å². The Morgan fingerprint density at radius 1 is 0.586 bits per heavy atom. The molecular weight excluding hydrogens is 376 g/mol. The topological polar surface area (TPSA) is 37.7 Å². The zero-order valence-corrected chi connectivity index (χ0v) is 19.1. The van der Waals surface area contributed by atoms with Gasteiger partial charge in [-0.05, 0) is 65.8 Å². The maximum atomic E-state index is 4.75. The minimum absolute atomic E-state index is 0.113. The molecule has 0 amide bonds. The normalized spacial score (nSPS) is 18.4. The molecule has 4 rings (SSSR count). The van der Waals surface area contributed by atoms with Crippen LogP contribution < -0.4 is 9.35 Å². The highest BCUT2D eigenvalue weighted by molar-refractivity contribution is 6.83. The monoisotopic (exact) mass is 406 g/mol. The van der Waals surface area contributed by atoms with Gasteiger partial charge in [0.2, 0.25) is 0 Å². The Labute approximate surface area is 175 Å². The van der Waals surface area contributed by atoms with Crippen LogP contribution in [-0.2, 0) is 0 Å². The van der Waals surface area contributed by atoms with Crippen LogP contribution in [0.15, 0.2) is 83.5 Å². The zero-order valence-electron chi connectivity index (χ0n) is 18.1. The molecule has 0 unspecified atom stereocenters. The molecule has 29 heavy (non-hydrogen) atoms. The van der Waals surface area contributed by atoms with Crippen molar-refractivity contribution in [2.75, 3.05) is 9.35 Å². The summed E-state index contributed by atoms with van der Waals surface area (Å²) in [4.78, 5) is 0. The molecule has 0 saturated heterocycles. The van der Waals surface area contributed by atoms with Crippen LogP contribution in [0.1, 0.15) is 41.5 Å². The summed E-state index contributed by atoms with van der Waals surface area (Å²) < 4.78 is 9.28. The Morgan fingerprint density at radius 3 is 1.24 bits per heavy atom. The summed E-state index contributed by atoms with van der Waals surface area (Å²) in [5.74, 6) is 0. The lowest BCUT2D eigenvalue weighted by Gasteiger charge is -2.53. The van der Waals surface area contributed by atoms with Gasteiger partial charge in [-0.2, -0.15) is 0 Å². The summed E-state index contributed by atoms with van der Waals surface area (Å²) in [5.41, 5.74) is 1.87. The molecule has 0 bridgehead atoms. The van der Waals surface area contributed by atoms with Crippen molar-refractivity contribution in [2.24, 2.45) is 10.4 Å². The Morgan fingerprint density at radius 2 is 0.931 bits per heavy atom. The summed E-state index contributed by atoms with van der Waals surface area (Å²) in [6.45, 7) is 13.5. The van der Waals surface area contributed by atoms with Gasteiger partial charge in [0.15, 0.2) is 0 Å². The van der Waals surface area contributed by atoms with Crippen LogP contribution in [0, 0.1) is 0 Å². The number of para-hydroxylation sites is 2. The molecule has 2 aliphatic heterocycles. The van der Waals surface area contributed by atoms with Crippen molar-refractivity contribution in [2.45, 2.75) is 52.6 Å². The van der Waals surface area contributed by atoms with Gasteiger partial charge in [0, 0.05) is 23.5 Å². The fourth-order valence-electron chi connectivity index (χ4n) is 4.08. The van der Waals surface area contributed by atoms with Gasteiger partial charge in [-0.15, -0.1) is 0 Å². The molecule has 0 N–H and O–H groups in total. The first kappa shape index (κ1) is 19.5. The van der Waals surface area contributed by atoms with Crippen LogP contribution in [0.5, 0.6) is 0 Å². The first-order valence-corrected chi connectivity index (χ1v) is 11.8. The van der Waals surface area contributed by atoms with E-state index in [9.17, 15) is 0 Å². The van der Waals surface area contributed by atoms with Crippen molar-refractivity contribution in [3.05, 3.63) is 73.1 Å². The Balaban J connectivity index is 1.98. The lowest BCUT2D eigenvalue weighted by Crippen LogP contribution is -2.80. The molecule has 6 nitrogen and oxygen atoms in total. The zero-order chi connectivity index (χ0) is 20.9. The summed E-state index contributed by atoms with van der Waals surface area (Å²) >= 11 is 0.